The van der Waals surface area contributed by atoms with Crippen molar-refractivity contribution in [1.29, 1.82) is 0 Å². The van der Waals surface area contributed by atoms with Crippen molar-refractivity contribution in [2.75, 3.05) is 24.5 Å². The molecule has 2 aromatic rings. The number of nitrogens with two attached hydrogens (primary N) is 1. The van der Waals surface area contributed by atoms with Gasteiger partial charge in [0.25, 0.3) is 0 Å². The fraction of sp³-hybridized carbons (Fsp3) is 0.708. The number of nitrogens with zero attached hydrogens (tertiary/aromatic N) is 5. The number of aryl methyl sites for hydroxylation is 1. The van der Waals surface area contributed by atoms with E-state index in [-0.39, 0.29) is 29.8 Å². The molecule has 3 unspecified atom stereocenters. The largest absolute Gasteiger partial charge is 0.392 e. The summed E-state index contributed by atoms with van der Waals surface area (Å²) in [5.74, 6) is 0.970. The van der Waals surface area contributed by atoms with E-state index in [9.17, 15) is 9.90 Å². The van der Waals surface area contributed by atoms with Crippen LogP contribution >= 0.6 is 0 Å². The molecule has 8 heteroatoms. The Bertz CT molecular complexity index is 990. The molecule has 2 aromatic heterocycles. The van der Waals surface area contributed by atoms with Crippen LogP contribution in [0.2, 0.25) is 0 Å². The molecule has 1 aliphatic carbocycles. The summed E-state index contributed by atoms with van der Waals surface area (Å²) in [6.45, 7) is 6.61. The molecule has 0 bridgehead atoms. The zero-order chi connectivity index (χ0) is 22.4. The lowest BCUT2D eigenvalue weighted by Crippen LogP contribution is -2.47. The highest BCUT2D eigenvalue weighted by molar-refractivity contribution is 5.80. The molecule has 32 heavy (non-hydrogen) atoms. The summed E-state index contributed by atoms with van der Waals surface area (Å²) in [6.07, 6.45) is 8.25. The van der Waals surface area contributed by atoms with Crippen LogP contribution in [0.3, 0.4) is 0 Å². The number of aliphatic hydroxyl groups excluding tert-OH is 1. The lowest BCUT2D eigenvalue weighted by Gasteiger charge is -2.40. The van der Waals surface area contributed by atoms with Crippen molar-refractivity contribution in [3.8, 4) is 0 Å². The van der Waals surface area contributed by atoms with Gasteiger partial charge < -0.3 is 20.6 Å². The third-order valence-corrected chi connectivity index (χ3v) is 7.76. The van der Waals surface area contributed by atoms with Crippen molar-refractivity contribution in [2.24, 2.45) is 17.6 Å². The molecular formula is C24H36N6O2. The topological polar surface area (TPSA) is 100.0 Å². The molecule has 1 amide bonds. The maximum absolute atomic E-state index is 13.5. The first-order chi connectivity index (χ1) is 15.4. The third kappa shape index (κ3) is 3.88. The quantitative estimate of drug-likeness (QED) is 0.760. The summed E-state index contributed by atoms with van der Waals surface area (Å²) in [6, 6.07) is 2.19. The van der Waals surface area contributed by atoms with Gasteiger partial charge in [0.1, 0.15) is 5.82 Å². The zero-order valence-electron chi connectivity index (χ0n) is 19.3. The van der Waals surface area contributed by atoms with E-state index in [1.807, 2.05) is 21.7 Å². The molecule has 3 fully saturated rings. The Kier molecular flexibility index (Phi) is 5.84. The minimum Gasteiger partial charge on any atom is -0.392 e. The van der Waals surface area contributed by atoms with Gasteiger partial charge in [0.2, 0.25) is 5.91 Å². The standard InChI is InChI=1S/C24H36N6O2/c1-15-6-5-7-18(22(15)31)24(32)29-10-4-3-8-20(29)19-12-21-26-23(16(2)13-30(21)27-19)28-11-9-17(25)14-28/h12-13,15,17-18,20,22,31H,3-11,14,25H2,1-2H3/t15?,17-,18?,20-,22?/m0/s1. The van der Waals surface area contributed by atoms with E-state index in [2.05, 4.69) is 18.7 Å². The summed E-state index contributed by atoms with van der Waals surface area (Å²) in [4.78, 5) is 22.7. The average Bonchev–Trinajstić information content (AvgIpc) is 3.40. The Morgan fingerprint density at radius 3 is 2.78 bits per heavy atom. The summed E-state index contributed by atoms with van der Waals surface area (Å²) in [7, 11) is 0. The first kappa shape index (κ1) is 21.6. The van der Waals surface area contributed by atoms with E-state index >= 15 is 0 Å². The van der Waals surface area contributed by atoms with Gasteiger partial charge in [-0.2, -0.15) is 5.10 Å². The number of hydrogen-bond acceptors (Lipinski definition) is 6. The first-order valence-electron chi connectivity index (χ1n) is 12.3. The molecule has 5 atom stereocenters. The van der Waals surface area contributed by atoms with Crippen LogP contribution < -0.4 is 10.6 Å². The average molecular weight is 441 g/mol. The van der Waals surface area contributed by atoms with Crippen molar-refractivity contribution >= 4 is 17.4 Å². The van der Waals surface area contributed by atoms with E-state index < -0.39 is 6.10 Å². The predicted octanol–water partition coefficient (Wildman–Crippen LogP) is 2.43. The summed E-state index contributed by atoms with van der Waals surface area (Å²) in [5, 5.41) is 15.5. The van der Waals surface area contributed by atoms with Gasteiger partial charge in [-0.25, -0.2) is 9.50 Å². The number of likely N-dealkylation sites (tertiary alicyclic amines) is 1. The van der Waals surface area contributed by atoms with Crippen molar-refractivity contribution < 1.29 is 9.90 Å². The Morgan fingerprint density at radius 2 is 2.00 bits per heavy atom. The molecule has 0 spiro atoms. The first-order valence-corrected chi connectivity index (χ1v) is 12.3. The van der Waals surface area contributed by atoms with Crippen LogP contribution in [0.1, 0.15) is 69.2 Å². The van der Waals surface area contributed by atoms with Crippen LogP contribution in [0.15, 0.2) is 12.3 Å². The SMILES string of the molecule is Cc1cn2nc([C@@H]3CCCCN3C(=O)C3CCCC(C)C3O)cc2nc1N1CC[C@H](N)C1. The van der Waals surface area contributed by atoms with Gasteiger partial charge in [0.05, 0.1) is 23.8 Å². The number of carbonyl (C=O) groups is 1. The number of aliphatic hydroxyl groups is 1. The summed E-state index contributed by atoms with van der Waals surface area (Å²) in [5.41, 5.74) is 8.90. The fourth-order valence-electron chi connectivity index (χ4n) is 5.87. The third-order valence-electron chi connectivity index (χ3n) is 7.76. The van der Waals surface area contributed by atoms with Crippen molar-refractivity contribution in [3.63, 3.8) is 0 Å². The molecule has 8 nitrogen and oxygen atoms in total. The number of fused-ring (bicyclic) bond motifs is 1. The predicted molar refractivity (Wildman–Crippen MR) is 123 cm³/mol. The number of carbonyl (C=O) groups excluding carboxylic acids is 1. The van der Waals surface area contributed by atoms with Crippen LogP contribution in [0, 0.1) is 18.8 Å². The van der Waals surface area contributed by atoms with Gasteiger partial charge in [0.15, 0.2) is 5.65 Å². The number of piperidine rings is 1. The number of amides is 1. The molecule has 174 valence electrons. The normalized spacial score (nSPS) is 31.4. The molecule has 0 radical (unpaired) electrons. The summed E-state index contributed by atoms with van der Waals surface area (Å²) >= 11 is 0. The van der Waals surface area contributed by atoms with E-state index in [4.69, 9.17) is 15.8 Å². The van der Waals surface area contributed by atoms with Crippen molar-refractivity contribution in [2.45, 2.75) is 77.0 Å². The van der Waals surface area contributed by atoms with Gasteiger partial charge in [-0.05, 0) is 51.4 Å². The second-order valence-corrected chi connectivity index (χ2v) is 10.2. The lowest BCUT2D eigenvalue weighted by molar-refractivity contribution is -0.146. The van der Waals surface area contributed by atoms with Gasteiger partial charge in [0, 0.05) is 43.5 Å². The highest BCUT2D eigenvalue weighted by Crippen LogP contribution is 2.36. The minimum absolute atomic E-state index is 0.0497. The minimum atomic E-state index is -0.543. The van der Waals surface area contributed by atoms with Gasteiger partial charge in [-0.3, -0.25) is 4.79 Å². The Balaban J connectivity index is 1.43. The second kappa shape index (κ2) is 8.63. The number of hydrogen-bond donors (Lipinski definition) is 2. The Labute approximate surface area is 189 Å². The Morgan fingerprint density at radius 1 is 1.16 bits per heavy atom. The van der Waals surface area contributed by atoms with E-state index in [0.29, 0.717) is 0 Å². The van der Waals surface area contributed by atoms with E-state index in [1.165, 1.54) is 0 Å². The molecule has 1 saturated carbocycles. The molecular weight excluding hydrogens is 404 g/mol. The van der Waals surface area contributed by atoms with Crippen LogP contribution in [0.4, 0.5) is 5.82 Å². The highest BCUT2D eigenvalue weighted by Gasteiger charge is 2.40. The molecule has 0 aromatic carbocycles. The van der Waals surface area contributed by atoms with Gasteiger partial charge >= 0.3 is 0 Å². The molecule has 4 heterocycles. The van der Waals surface area contributed by atoms with Gasteiger partial charge in [-0.15, -0.1) is 0 Å². The van der Waals surface area contributed by atoms with E-state index in [1.54, 1.807) is 0 Å². The lowest BCUT2D eigenvalue weighted by atomic mass is 9.78. The Hall–Kier alpha value is -2.19. The molecule has 2 saturated heterocycles. The maximum atomic E-state index is 13.5. The number of anilines is 1. The van der Waals surface area contributed by atoms with Crippen molar-refractivity contribution in [1.82, 2.24) is 19.5 Å². The van der Waals surface area contributed by atoms with Gasteiger partial charge in [-0.1, -0.05) is 13.3 Å². The van der Waals surface area contributed by atoms with Crippen LogP contribution in [0.5, 0.6) is 0 Å². The van der Waals surface area contributed by atoms with Crippen LogP contribution in [-0.4, -0.2) is 62.3 Å². The number of rotatable bonds is 3. The smallest absolute Gasteiger partial charge is 0.228 e. The van der Waals surface area contributed by atoms with Crippen LogP contribution in [0.25, 0.3) is 5.65 Å². The second-order valence-electron chi connectivity index (χ2n) is 10.2. The molecule has 3 aliphatic rings. The molecule has 3 N–H and O–H groups in total. The van der Waals surface area contributed by atoms with Crippen molar-refractivity contribution in [3.05, 3.63) is 23.5 Å². The molecule has 5 rings (SSSR count). The van der Waals surface area contributed by atoms with Crippen LogP contribution in [-0.2, 0) is 4.79 Å². The summed E-state index contributed by atoms with van der Waals surface area (Å²) < 4.78 is 1.85. The van der Waals surface area contributed by atoms with E-state index in [0.717, 1.165) is 87.3 Å². The monoisotopic (exact) mass is 440 g/mol. The number of aromatic nitrogens is 3. The molecule has 2 aliphatic heterocycles. The maximum Gasteiger partial charge on any atom is 0.228 e. The zero-order valence-corrected chi connectivity index (χ0v) is 19.3. The highest BCUT2D eigenvalue weighted by atomic mass is 16.3. The fourth-order valence-corrected chi connectivity index (χ4v) is 5.87.